The molecule has 12 nitrogen and oxygen atoms in total. The molecule has 0 heterocycles. The molecule has 0 fully saturated rings. The van der Waals surface area contributed by atoms with Gasteiger partial charge in [0, 0.05) is 25.9 Å². The molecule has 0 aliphatic heterocycles. The molecule has 0 aromatic rings. The number of carboxylic acids is 2. The second kappa shape index (κ2) is 20.7. The second-order valence-corrected chi connectivity index (χ2v) is 10.00. The standard InChI is InChI=1S/C27H48N4O8/c1-5-18(3)24(30-20(32)12-14-22(34)35)26(38)28-16-10-8-7-9-11-17-29-27(39)25(19(4)6-2)31-21(33)13-15-23(36)37/h18-19,24-25H,5-17H2,1-4H3,(H,28,38)(H,29,39)(H,30,32)(H,31,33)(H,34,35)(H,36,37)/t18?,19?,24-,25-/m0/s1. The normalized spacial score (nSPS) is 13.8. The fourth-order valence-electron chi connectivity index (χ4n) is 3.76. The fraction of sp³-hybridized carbons (Fsp3) is 0.778. The van der Waals surface area contributed by atoms with E-state index in [0.717, 1.165) is 32.1 Å². The summed E-state index contributed by atoms with van der Waals surface area (Å²) in [6, 6.07) is -1.41. The Balaban J connectivity index is 4.28. The summed E-state index contributed by atoms with van der Waals surface area (Å²) in [6.07, 6.45) is 4.64. The van der Waals surface area contributed by atoms with Crippen LogP contribution in [0.25, 0.3) is 0 Å². The summed E-state index contributed by atoms with van der Waals surface area (Å²) in [5, 5.41) is 28.5. The van der Waals surface area contributed by atoms with E-state index in [0.29, 0.717) is 25.9 Å². The quantitative estimate of drug-likeness (QED) is 0.109. The predicted molar refractivity (Wildman–Crippen MR) is 146 cm³/mol. The van der Waals surface area contributed by atoms with Crippen molar-refractivity contribution in [2.24, 2.45) is 11.8 Å². The molecule has 4 amide bonds. The number of aliphatic carboxylic acids is 2. The maximum Gasteiger partial charge on any atom is 0.303 e. The van der Waals surface area contributed by atoms with Crippen LogP contribution in [0.2, 0.25) is 0 Å². The first-order valence-electron chi connectivity index (χ1n) is 14.0. The van der Waals surface area contributed by atoms with Crippen LogP contribution in [0.4, 0.5) is 0 Å². The Bertz CT molecular complexity index is 741. The molecule has 0 rings (SSSR count). The van der Waals surface area contributed by atoms with Crippen LogP contribution in [0.1, 0.15) is 98.3 Å². The molecule has 0 saturated heterocycles. The zero-order chi connectivity index (χ0) is 29.8. The number of hydrogen-bond acceptors (Lipinski definition) is 6. The third-order valence-electron chi connectivity index (χ3n) is 6.71. The minimum absolute atomic E-state index is 0.0908. The lowest BCUT2D eigenvalue weighted by atomic mass is 9.98. The molecular weight excluding hydrogens is 508 g/mol. The van der Waals surface area contributed by atoms with Gasteiger partial charge in [0.15, 0.2) is 0 Å². The summed E-state index contributed by atoms with van der Waals surface area (Å²) in [5.41, 5.74) is 0. The van der Waals surface area contributed by atoms with E-state index >= 15 is 0 Å². The van der Waals surface area contributed by atoms with Gasteiger partial charge in [-0.15, -0.1) is 0 Å². The van der Waals surface area contributed by atoms with Gasteiger partial charge in [0.25, 0.3) is 0 Å². The van der Waals surface area contributed by atoms with Crippen LogP contribution in [0.3, 0.4) is 0 Å². The summed E-state index contributed by atoms with van der Waals surface area (Å²) in [7, 11) is 0. The Morgan fingerprint density at radius 2 is 0.897 bits per heavy atom. The maximum atomic E-state index is 12.6. The summed E-state index contributed by atoms with van der Waals surface area (Å²) in [5.74, 6) is -3.78. The van der Waals surface area contributed by atoms with Crippen molar-refractivity contribution < 1.29 is 39.0 Å². The highest BCUT2D eigenvalue weighted by Gasteiger charge is 2.26. The van der Waals surface area contributed by atoms with Crippen LogP contribution in [-0.2, 0) is 28.8 Å². The summed E-state index contributed by atoms with van der Waals surface area (Å²) < 4.78 is 0. The zero-order valence-electron chi connectivity index (χ0n) is 23.8. The Morgan fingerprint density at radius 3 is 1.21 bits per heavy atom. The second-order valence-electron chi connectivity index (χ2n) is 10.00. The highest BCUT2D eigenvalue weighted by atomic mass is 16.4. The van der Waals surface area contributed by atoms with E-state index in [1.807, 2.05) is 27.7 Å². The van der Waals surface area contributed by atoms with E-state index in [2.05, 4.69) is 21.3 Å². The van der Waals surface area contributed by atoms with E-state index in [4.69, 9.17) is 10.2 Å². The van der Waals surface area contributed by atoms with Crippen molar-refractivity contribution in [3.63, 3.8) is 0 Å². The van der Waals surface area contributed by atoms with Gasteiger partial charge in [-0.2, -0.15) is 0 Å². The SMILES string of the molecule is CCC(C)[C@H](NC(=O)CCC(=O)O)C(=O)NCCCCCCCNC(=O)[C@@H](NC(=O)CCC(=O)O)C(C)CC. The van der Waals surface area contributed by atoms with E-state index in [-0.39, 0.29) is 49.3 Å². The highest BCUT2D eigenvalue weighted by molar-refractivity contribution is 5.89. The smallest absolute Gasteiger partial charge is 0.303 e. The van der Waals surface area contributed by atoms with Gasteiger partial charge in [-0.1, -0.05) is 59.8 Å². The molecule has 224 valence electrons. The summed E-state index contributed by atoms with van der Waals surface area (Å²) in [4.78, 5) is 70.5. The molecule has 0 spiro atoms. The van der Waals surface area contributed by atoms with E-state index in [9.17, 15) is 28.8 Å². The first-order chi connectivity index (χ1) is 18.4. The lowest BCUT2D eigenvalue weighted by molar-refractivity contribution is -0.139. The summed E-state index contributed by atoms with van der Waals surface area (Å²) >= 11 is 0. The lowest BCUT2D eigenvalue weighted by Gasteiger charge is -2.23. The molecule has 0 saturated carbocycles. The topological polar surface area (TPSA) is 191 Å². The van der Waals surface area contributed by atoms with Crippen molar-refractivity contribution in [1.82, 2.24) is 21.3 Å². The average molecular weight is 557 g/mol. The molecule has 0 aromatic heterocycles. The fourth-order valence-corrected chi connectivity index (χ4v) is 3.76. The van der Waals surface area contributed by atoms with Crippen LogP contribution in [0.15, 0.2) is 0 Å². The molecule has 6 N–H and O–H groups in total. The molecular formula is C27H48N4O8. The minimum atomic E-state index is -1.06. The monoisotopic (exact) mass is 556 g/mol. The van der Waals surface area contributed by atoms with Gasteiger partial charge in [0.05, 0.1) is 12.8 Å². The number of amides is 4. The Labute approximate surface area is 231 Å². The van der Waals surface area contributed by atoms with E-state index in [1.54, 1.807) is 0 Å². The molecule has 0 aromatic carbocycles. The average Bonchev–Trinajstić information content (AvgIpc) is 2.90. The first kappa shape index (κ1) is 35.8. The van der Waals surface area contributed by atoms with Crippen LogP contribution >= 0.6 is 0 Å². The van der Waals surface area contributed by atoms with Gasteiger partial charge >= 0.3 is 11.9 Å². The Hall–Kier alpha value is -3.18. The molecule has 12 heteroatoms. The maximum absolute atomic E-state index is 12.6. The number of nitrogens with one attached hydrogen (secondary N) is 4. The van der Waals surface area contributed by atoms with Gasteiger partial charge in [-0.3, -0.25) is 28.8 Å². The first-order valence-corrected chi connectivity index (χ1v) is 14.0. The number of unbranched alkanes of at least 4 members (excludes halogenated alkanes) is 4. The zero-order valence-corrected chi connectivity index (χ0v) is 23.8. The number of carbonyl (C=O) groups excluding carboxylic acids is 4. The van der Waals surface area contributed by atoms with Crippen LogP contribution in [-0.4, -0.2) is 71.0 Å². The van der Waals surface area contributed by atoms with E-state index in [1.165, 1.54) is 0 Å². The predicted octanol–water partition coefficient (Wildman–Crippen LogP) is 1.96. The van der Waals surface area contributed by atoms with E-state index < -0.39 is 35.8 Å². The largest absolute Gasteiger partial charge is 0.481 e. The molecule has 0 aliphatic rings. The number of carboxylic acid groups (broad SMARTS) is 2. The minimum Gasteiger partial charge on any atom is -0.481 e. The van der Waals surface area contributed by atoms with Crippen LogP contribution in [0, 0.1) is 11.8 Å². The van der Waals surface area contributed by atoms with Crippen LogP contribution < -0.4 is 21.3 Å². The Kier molecular flexibility index (Phi) is 19.0. The van der Waals surface area contributed by atoms with Crippen molar-refractivity contribution in [2.45, 2.75) is 110 Å². The third-order valence-corrected chi connectivity index (χ3v) is 6.71. The van der Waals surface area contributed by atoms with Crippen molar-refractivity contribution in [2.75, 3.05) is 13.1 Å². The molecule has 4 atom stereocenters. The number of hydrogen-bond donors (Lipinski definition) is 6. The summed E-state index contributed by atoms with van der Waals surface area (Å²) in [6.45, 7) is 8.48. The molecule has 0 bridgehead atoms. The van der Waals surface area contributed by atoms with Gasteiger partial charge < -0.3 is 31.5 Å². The molecule has 0 radical (unpaired) electrons. The van der Waals surface area contributed by atoms with Crippen molar-refractivity contribution in [3.8, 4) is 0 Å². The number of carbonyl (C=O) groups is 6. The van der Waals surface area contributed by atoms with Gasteiger partial charge in [0.1, 0.15) is 12.1 Å². The third kappa shape index (κ3) is 17.1. The molecule has 0 aliphatic carbocycles. The molecule has 39 heavy (non-hydrogen) atoms. The highest BCUT2D eigenvalue weighted by Crippen LogP contribution is 2.10. The molecule has 2 unspecified atom stereocenters. The Morgan fingerprint density at radius 1 is 0.564 bits per heavy atom. The van der Waals surface area contributed by atoms with Gasteiger partial charge in [0.2, 0.25) is 23.6 Å². The van der Waals surface area contributed by atoms with Crippen molar-refractivity contribution in [3.05, 3.63) is 0 Å². The lowest BCUT2D eigenvalue weighted by Crippen LogP contribution is -2.50. The van der Waals surface area contributed by atoms with Crippen LogP contribution in [0.5, 0.6) is 0 Å². The van der Waals surface area contributed by atoms with Gasteiger partial charge in [-0.25, -0.2) is 0 Å². The van der Waals surface area contributed by atoms with Gasteiger partial charge in [-0.05, 0) is 24.7 Å². The van der Waals surface area contributed by atoms with Crippen molar-refractivity contribution >= 4 is 35.6 Å². The van der Waals surface area contributed by atoms with Crippen molar-refractivity contribution in [1.29, 1.82) is 0 Å². The number of rotatable bonds is 22.